The summed E-state index contributed by atoms with van der Waals surface area (Å²) in [4.78, 5) is 11.0. The summed E-state index contributed by atoms with van der Waals surface area (Å²) < 4.78 is 0. The lowest BCUT2D eigenvalue weighted by Gasteiger charge is -2.14. The first kappa shape index (κ1) is 8.91. The van der Waals surface area contributed by atoms with E-state index in [1.807, 2.05) is 24.3 Å². The number of fused-ring (bicyclic) bond motifs is 1. The molecule has 2 unspecified atom stereocenters. The van der Waals surface area contributed by atoms with Crippen LogP contribution in [-0.4, -0.2) is 16.3 Å². The predicted molar refractivity (Wildman–Crippen MR) is 53.7 cm³/mol. The van der Waals surface area contributed by atoms with Gasteiger partial charge in [-0.3, -0.25) is 0 Å². The van der Waals surface area contributed by atoms with Gasteiger partial charge in [0.25, 0.3) is 0 Å². The first-order valence-electron chi connectivity index (χ1n) is 3.85. The fraction of sp³-hybridized carbons (Fsp3) is 0.222. The van der Waals surface area contributed by atoms with E-state index in [-0.39, 0.29) is 16.1 Å². The zero-order valence-electron chi connectivity index (χ0n) is 6.61. The lowest BCUT2D eigenvalue weighted by molar-refractivity contribution is -0.131. The number of aliphatic carboxylic acids is 1. The molecule has 2 aliphatic rings. The summed E-state index contributed by atoms with van der Waals surface area (Å²) in [5.74, 6) is -0.867. The normalized spacial score (nSPS) is 30.8. The number of allylic oxidation sites excluding steroid dienone is 4. The minimum Gasteiger partial charge on any atom is -0.477 e. The highest BCUT2D eigenvalue weighted by atomic mass is 35.5. The monoisotopic (exact) mass is 214 g/mol. The summed E-state index contributed by atoms with van der Waals surface area (Å²) in [6, 6.07) is 0. The van der Waals surface area contributed by atoms with Crippen LogP contribution in [0.5, 0.6) is 0 Å². The number of thioether (sulfide) groups is 1. The molecule has 2 atom stereocenters. The van der Waals surface area contributed by atoms with Crippen molar-refractivity contribution >= 4 is 29.3 Å². The van der Waals surface area contributed by atoms with E-state index in [2.05, 4.69) is 0 Å². The summed E-state index contributed by atoms with van der Waals surface area (Å²) in [5.41, 5.74) is 0. The summed E-state index contributed by atoms with van der Waals surface area (Å²) in [6.45, 7) is 0. The summed E-state index contributed by atoms with van der Waals surface area (Å²) in [6.07, 6.45) is 7.74. The Kier molecular flexibility index (Phi) is 2.22. The standard InChI is InChI=1S/C9H7ClO2S/c10-7-5-3-1-2-4-6(5)13-8(7)9(11)12/h1-6H,(H,11,12). The van der Waals surface area contributed by atoms with Crippen molar-refractivity contribution in [2.24, 2.45) is 5.92 Å². The van der Waals surface area contributed by atoms with Gasteiger partial charge in [-0.25, -0.2) is 4.79 Å². The molecule has 68 valence electrons. The first-order chi connectivity index (χ1) is 6.20. The van der Waals surface area contributed by atoms with Crippen LogP contribution in [0, 0.1) is 5.92 Å². The van der Waals surface area contributed by atoms with Crippen molar-refractivity contribution in [2.45, 2.75) is 5.25 Å². The van der Waals surface area contributed by atoms with Gasteiger partial charge in [0.15, 0.2) is 0 Å². The second kappa shape index (κ2) is 3.24. The average molecular weight is 215 g/mol. The van der Waals surface area contributed by atoms with Gasteiger partial charge >= 0.3 is 5.97 Å². The lowest BCUT2D eigenvalue weighted by atomic mass is 10.00. The van der Waals surface area contributed by atoms with Gasteiger partial charge in [0.1, 0.15) is 4.91 Å². The molecule has 0 aromatic heterocycles. The Balaban J connectivity index is 2.33. The lowest BCUT2D eigenvalue weighted by Crippen LogP contribution is -2.09. The molecule has 0 amide bonds. The molecule has 0 aromatic carbocycles. The maximum absolute atomic E-state index is 10.7. The van der Waals surface area contributed by atoms with Crippen molar-refractivity contribution in [2.75, 3.05) is 0 Å². The molecule has 0 fully saturated rings. The Morgan fingerprint density at radius 3 is 2.77 bits per heavy atom. The van der Waals surface area contributed by atoms with Crippen LogP contribution >= 0.6 is 23.4 Å². The van der Waals surface area contributed by atoms with Crippen LogP contribution in [0.1, 0.15) is 0 Å². The van der Waals surface area contributed by atoms with E-state index in [1.54, 1.807) is 0 Å². The van der Waals surface area contributed by atoms with Gasteiger partial charge in [0.2, 0.25) is 0 Å². The van der Waals surface area contributed by atoms with Gasteiger partial charge in [-0.15, -0.1) is 11.8 Å². The number of carboxylic acids is 1. The van der Waals surface area contributed by atoms with Gasteiger partial charge in [0.05, 0.1) is 0 Å². The van der Waals surface area contributed by atoms with Gasteiger partial charge in [-0.1, -0.05) is 35.9 Å². The number of rotatable bonds is 1. The molecule has 0 saturated heterocycles. The summed E-state index contributed by atoms with van der Waals surface area (Å²) in [7, 11) is 0. The molecule has 0 bridgehead atoms. The Hall–Kier alpha value is -0.670. The van der Waals surface area contributed by atoms with Crippen LogP contribution in [0.25, 0.3) is 0 Å². The molecule has 13 heavy (non-hydrogen) atoms. The minimum absolute atomic E-state index is 0.0581. The third-order valence-corrected chi connectivity index (χ3v) is 3.95. The molecule has 1 aliphatic carbocycles. The molecule has 0 saturated carbocycles. The van der Waals surface area contributed by atoms with E-state index in [9.17, 15) is 4.79 Å². The number of hydrogen-bond donors (Lipinski definition) is 1. The van der Waals surface area contributed by atoms with Crippen molar-refractivity contribution in [3.05, 3.63) is 34.2 Å². The summed E-state index contributed by atoms with van der Waals surface area (Å²) in [5, 5.41) is 9.45. The van der Waals surface area contributed by atoms with Crippen LogP contribution in [0.4, 0.5) is 0 Å². The van der Waals surface area contributed by atoms with E-state index >= 15 is 0 Å². The molecular formula is C9H7ClO2S. The van der Waals surface area contributed by atoms with Crippen molar-refractivity contribution in [3.63, 3.8) is 0 Å². The second-order valence-corrected chi connectivity index (χ2v) is 4.46. The third-order valence-electron chi connectivity index (χ3n) is 2.04. The molecule has 1 N–H and O–H groups in total. The highest BCUT2D eigenvalue weighted by molar-refractivity contribution is 8.05. The maximum Gasteiger partial charge on any atom is 0.343 e. The van der Waals surface area contributed by atoms with Crippen molar-refractivity contribution < 1.29 is 9.90 Å². The SMILES string of the molecule is O=C(O)C1=C(Cl)C2C=CC=CC2S1. The number of halogens is 1. The van der Waals surface area contributed by atoms with Crippen molar-refractivity contribution in [3.8, 4) is 0 Å². The smallest absolute Gasteiger partial charge is 0.343 e. The van der Waals surface area contributed by atoms with E-state index in [0.717, 1.165) is 0 Å². The van der Waals surface area contributed by atoms with E-state index < -0.39 is 5.97 Å². The van der Waals surface area contributed by atoms with Crippen LogP contribution in [0.2, 0.25) is 0 Å². The van der Waals surface area contributed by atoms with Crippen molar-refractivity contribution in [1.82, 2.24) is 0 Å². The fourth-order valence-electron chi connectivity index (χ4n) is 1.42. The molecule has 1 aliphatic heterocycles. The van der Waals surface area contributed by atoms with Crippen LogP contribution in [-0.2, 0) is 4.79 Å². The highest BCUT2D eigenvalue weighted by Crippen LogP contribution is 2.46. The van der Waals surface area contributed by atoms with Gasteiger partial charge in [0, 0.05) is 16.2 Å². The average Bonchev–Trinajstić information content (AvgIpc) is 2.45. The molecular weight excluding hydrogens is 208 g/mol. The number of carbonyl (C=O) groups is 1. The van der Waals surface area contributed by atoms with Crippen LogP contribution < -0.4 is 0 Å². The molecule has 2 nitrogen and oxygen atoms in total. The molecule has 0 radical (unpaired) electrons. The summed E-state index contributed by atoms with van der Waals surface area (Å²) >= 11 is 7.26. The van der Waals surface area contributed by atoms with Gasteiger partial charge in [-0.05, 0) is 0 Å². The Bertz CT molecular complexity index is 344. The van der Waals surface area contributed by atoms with Crippen LogP contribution in [0.15, 0.2) is 34.2 Å². The largest absolute Gasteiger partial charge is 0.477 e. The Labute approximate surface area is 85.0 Å². The number of hydrogen-bond acceptors (Lipinski definition) is 2. The molecule has 0 aromatic rings. The second-order valence-electron chi connectivity index (χ2n) is 2.86. The third kappa shape index (κ3) is 1.42. The maximum atomic E-state index is 10.7. The Morgan fingerprint density at radius 1 is 1.46 bits per heavy atom. The molecule has 0 spiro atoms. The fourth-order valence-corrected chi connectivity index (χ4v) is 3.09. The quantitative estimate of drug-likeness (QED) is 0.728. The minimum atomic E-state index is -0.925. The zero-order chi connectivity index (χ0) is 9.42. The molecule has 1 heterocycles. The highest BCUT2D eigenvalue weighted by Gasteiger charge is 2.35. The topological polar surface area (TPSA) is 37.3 Å². The van der Waals surface area contributed by atoms with Gasteiger partial charge in [-0.2, -0.15) is 0 Å². The first-order valence-corrected chi connectivity index (χ1v) is 5.10. The number of carboxylic acid groups (broad SMARTS) is 1. The van der Waals surface area contributed by atoms with Gasteiger partial charge < -0.3 is 5.11 Å². The van der Waals surface area contributed by atoms with Crippen LogP contribution in [0.3, 0.4) is 0 Å². The Morgan fingerprint density at radius 2 is 2.15 bits per heavy atom. The van der Waals surface area contributed by atoms with Crippen molar-refractivity contribution in [1.29, 1.82) is 0 Å². The zero-order valence-corrected chi connectivity index (χ0v) is 8.18. The van der Waals surface area contributed by atoms with E-state index in [0.29, 0.717) is 5.03 Å². The van der Waals surface area contributed by atoms with E-state index in [4.69, 9.17) is 16.7 Å². The molecule has 4 heteroatoms. The molecule has 2 rings (SSSR count). The van der Waals surface area contributed by atoms with E-state index in [1.165, 1.54) is 11.8 Å². The predicted octanol–water partition coefficient (Wildman–Crippen LogP) is 2.38.